The number of benzene rings is 2. The van der Waals surface area contributed by atoms with E-state index in [0.717, 1.165) is 46.2 Å². The molecule has 0 saturated carbocycles. The molecule has 0 bridgehead atoms. The number of halogens is 3. The zero-order valence-corrected chi connectivity index (χ0v) is 23.3. The monoisotopic (exact) mass is 608 g/mol. The lowest BCUT2D eigenvalue weighted by molar-refractivity contribution is -0.145. The molecule has 14 heteroatoms. The molecular formula is C27H23F3N2O7S2. The smallest absolute Gasteiger partial charge is 0.416 e. The fourth-order valence-corrected chi connectivity index (χ4v) is 7.41. The summed E-state index contributed by atoms with van der Waals surface area (Å²) in [5, 5.41) is -0.575. The summed E-state index contributed by atoms with van der Waals surface area (Å²) >= 11 is 1.91. The fraction of sp³-hybridized carbons (Fsp3) is 0.333. The van der Waals surface area contributed by atoms with E-state index in [0.29, 0.717) is 15.5 Å². The van der Waals surface area contributed by atoms with Crippen LogP contribution in [0.3, 0.4) is 0 Å². The third-order valence-electron chi connectivity index (χ3n) is 6.53. The van der Waals surface area contributed by atoms with Crippen molar-refractivity contribution in [2.45, 2.75) is 36.2 Å². The van der Waals surface area contributed by atoms with Gasteiger partial charge in [0.1, 0.15) is 5.25 Å². The second-order valence-corrected chi connectivity index (χ2v) is 11.2. The van der Waals surface area contributed by atoms with Gasteiger partial charge in [0.2, 0.25) is 11.8 Å². The van der Waals surface area contributed by atoms with Gasteiger partial charge in [0.15, 0.2) is 18.1 Å². The number of esters is 1. The molecule has 1 aromatic heterocycles. The summed E-state index contributed by atoms with van der Waals surface area (Å²) in [4.78, 5) is 55.2. The summed E-state index contributed by atoms with van der Waals surface area (Å²) in [7, 11) is 0. The maximum atomic E-state index is 13.8. The molecule has 3 heterocycles. The fourth-order valence-electron chi connectivity index (χ4n) is 4.90. The van der Waals surface area contributed by atoms with Gasteiger partial charge in [-0.25, -0.2) is 9.69 Å². The topological polar surface area (TPSA) is 115 Å². The van der Waals surface area contributed by atoms with E-state index in [1.54, 1.807) is 32.0 Å². The highest BCUT2D eigenvalue weighted by Crippen LogP contribution is 2.54. The summed E-state index contributed by atoms with van der Waals surface area (Å²) in [6.07, 6.45) is -4.66. The second kappa shape index (κ2) is 11.2. The van der Waals surface area contributed by atoms with Gasteiger partial charge in [0.05, 0.1) is 35.4 Å². The van der Waals surface area contributed by atoms with Gasteiger partial charge in [0, 0.05) is 10.8 Å². The molecule has 0 aliphatic carbocycles. The molecule has 3 atom stereocenters. The maximum Gasteiger partial charge on any atom is 0.416 e. The predicted octanol–water partition coefficient (Wildman–Crippen LogP) is 4.59. The number of amides is 2. The Bertz CT molecular complexity index is 1570. The number of thiazole rings is 1. The number of H-pyrrole nitrogens is 1. The number of nitrogens with one attached hydrogen (secondary N) is 1. The van der Waals surface area contributed by atoms with Crippen molar-refractivity contribution in [2.75, 3.05) is 24.7 Å². The van der Waals surface area contributed by atoms with Crippen LogP contribution < -0.4 is 19.2 Å². The Labute approximate surface area is 239 Å². The van der Waals surface area contributed by atoms with Gasteiger partial charge in [-0.2, -0.15) is 13.2 Å². The lowest BCUT2D eigenvalue weighted by atomic mass is 9.83. The number of carbonyl (C=O) groups is 3. The Hall–Kier alpha value is -3.78. The zero-order valence-electron chi connectivity index (χ0n) is 21.7. The van der Waals surface area contributed by atoms with Gasteiger partial charge >= 0.3 is 17.0 Å². The molecule has 1 N–H and O–H groups in total. The van der Waals surface area contributed by atoms with Gasteiger partial charge in [-0.3, -0.25) is 14.4 Å². The standard InChI is InChI=1S/C27H23F3N2O7S2/c1-3-37-17-10-13(8-9-16(17)39-12-18(33)38-4-2)19-20-22(40-23-21(19)41-26(36)31-23)25(35)32(24(20)34)15-7-5-6-14(11-15)27(28,29)30/h5-11,19-20,22H,3-4,12H2,1-2H3,(H,31,36)/t19-,20?,22?/m1/s1. The van der Waals surface area contributed by atoms with Gasteiger partial charge in [0.25, 0.3) is 0 Å². The third kappa shape index (κ3) is 5.45. The number of thioether (sulfide) groups is 1. The Morgan fingerprint density at radius 3 is 2.49 bits per heavy atom. The molecule has 1 saturated heterocycles. The highest BCUT2D eigenvalue weighted by Gasteiger charge is 2.56. The molecule has 5 rings (SSSR count). The van der Waals surface area contributed by atoms with Crippen molar-refractivity contribution < 1.29 is 41.8 Å². The van der Waals surface area contributed by atoms with E-state index < -0.39 is 46.6 Å². The first-order chi connectivity index (χ1) is 19.5. The maximum absolute atomic E-state index is 13.8. The molecule has 2 aliphatic rings. The summed E-state index contributed by atoms with van der Waals surface area (Å²) in [6.45, 7) is 3.49. The van der Waals surface area contributed by atoms with Crippen LogP contribution in [0.1, 0.15) is 35.8 Å². The van der Waals surface area contributed by atoms with Crippen molar-refractivity contribution in [3.05, 3.63) is 68.1 Å². The normalized spacial score (nSPS) is 20.0. The summed E-state index contributed by atoms with van der Waals surface area (Å²) in [5.74, 6) is -3.21. The average molecular weight is 609 g/mol. The van der Waals surface area contributed by atoms with Gasteiger partial charge in [-0.05, 0) is 49.7 Å². The molecule has 2 aromatic carbocycles. The molecule has 2 unspecified atom stereocenters. The molecule has 1 fully saturated rings. The molecule has 9 nitrogen and oxygen atoms in total. The van der Waals surface area contributed by atoms with E-state index >= 15 is 0 Å². The summed E-state index contributed by atoms with van der Waals surface area (Å²) in [5.41, 5.74) is -0.646. The van der Waals surface area contributed by atoms with Crippen molar-refractivity contribution in [3.8, 4) is 11.5 Å². The van der Waals surface area contributed by atoms with Crippen molar-refractivity contribution >= 4 is 46.6 Å². The van der Waals surface area contributed by atoms with E-state index in [4.69, 9.17) is 14.2 Å². The van der Waals surface area contributed by atoms with E-state index in [9.17, 15) is 32.3 Å². The number of fused-ring (bicyclic) bond motifs is 2. The Balaban J connectivity index is 1.56. The third-order valence-corrected chi connectivity index (χ3v) is 8.93. The van der Waals surface area contributed by atoms with Crippen molar-refractivity contribution in [1.82, 2.24) is 4.98 Å². The first kappa shape index (κ1) is 28.7. The van der Waals surface area contributed by atoms with Crippen LogP contribution in [0.15, 0.2) is 52.3 Å². The van der Waals surface area contributed by atoms with Crippen molar-refractivity contribution in [2.24, 2.45) is 5.92 Å². The molecular weight excluding hydrogens is 585 g/mol. The van der Waals surface area contributed by atoms with Crippen LogP contribution in [0.5, 0.6) is 11.5 Å². The number of carbonyl (C=O) groups excluding carboxylic acids is 3. The van der Waals surface area contributed by atoms with Crippen LogP contribution in [0.4, 0.5) is 18.9 Å². The quantitative estimate of drug-likeness (QED) is 0.292. The molecule has 216 valence electrons. The summed E-state index contributed by atoms with van der Waals surface area (Å²) in [6, 6.07) is 8.86. The number of alkyl halides is 3. The Kier molecular flexibility index (Phi) is 7.88. The highest BCUT2D eigenvalue weighted by molar-refractivity contribution is 8.00. The minimum atomic E-state index is -4.66. The van der Waals surface area contributed by atoms with Crippen LogP contribution in [0.2, 0.25) is 0 Å². The highest BCUT2D eigenvalue weighted by atomic mass is 32.2. The SMILES string of the molecule is CCOC(=O)COc1ccc([C@H]2c3sc(=O)[nH]c3SC3C(=O)N(c4cccc(C(F)(F)F)c4)C(=O)C32)cc1OCC. The average Bonchev–Trinajstić information content (AvgIpc) is 3.42. The second-order valence-electron chi connectivity index (χ2n) is 9.04. The Morgan fingerprint density at radius 1 is 1.00 bits per heavy atom. The largest absolute Gasteiger partial charge is 0.490 e. The van der Waals surface area contributed by atoms with E-state index in [2.05, 4.69) is 4.98 Å². The first-order valence-corrected chi connectivity index (χ1v) is 14.2. The number of nitrogens with zero attached hydrogens (tertiary/aromatic N) is 1. The molecule has 0 radical (unpaired) electrons. The number of hydrogen-bond donors (Lipinski definition) is 1. The minimum Gasteiger partial charge on any atom is -0.490 e. The van der Waals surface area contributed by atoms with E-state index in [-0.39, 0.29) is 41.9 Å². The van der Waals surface area contributed by atoms with Crippen LogP contribution in [-0.4, -0.2) is 47.8 Å². The molecule has 3 aromatic rings. The first-order valence-electron chi connectivity index (χ1n) is 12.5. The van der Waals surface area contributed by atoms with Crippen molar-refractivity contribution in [1.29, 1.82) is 0 Å². The lowest BCUT2D eigenvalue weighted by Gasteiger charge is -2.30. The zero-order chi connectivity index (χ0) is 29.5. The Morgan fingerprint density at radius 2 is 1.78 bits per heavy atom. The van der Waals surface area contributed by atoms with Gasteiger partial charge in [-0.1, -0.05) is 35.2 Å². The lowest BCUT2D eigenvalue weighted by Crippen LogP contribution is -2.32. The van der Waals surface area contributed by atoms with E-state index in [1.807, 2.05) is 0 Å². The molecule has 2 amide bonds. The minimum absolute atomic E-state index is 0.182. The number of rotatable bonds is 8. The number of aromatic nitrogens is 1. The van der Waals surface area contributed by atoms with Gasteiger partial charge < -0.3 is 19.2 Å². The van der Waals surface area contributed by atoms with Crippen LogP contribution in [-0.2, 0) is 25.3 Å². The number of ether oxygens (including phenoxy) is 3. The number of anilines is 1. The van der Waals surface area contributed by atoms with Crippen LogP contribution in [0.25, 0.3) is 0 Å². The molecule has 0 spiro atoms. The van der Waals surface area contributed by atoms with E-state index in [1.165, 1.54) is 6.07 Å². The van der Waals surface area contributed by atoms with Crippen molar-refractivity contribution in [3.63, 3.8) is 0 Å². The van der Waals surface area contributed by atoms with Crippen LogP contribution in [0, 0.1) is 5.92 Å². The van der Waals surface area contributed by atoms with Gasteiger partial charge in [-0.15, -0.1) is 0 Å². The predicted molar refractivity (Wildman–Crippen MR) is 144 cm³/mol. The number of aromatic amines is 1. The number of hydrogen-bond acceptors (Lipinski definition) is 9. The number of imide groups is 1. The molecule has 2 aliphatic heterocycles. The van der Waals surface area contributed by atoms with Crippen LogP contribution >= 0.6 is 23.1 Å². The molecule has 41 heavy (non-hydrogen) atoms. The summed E-state index contributed by atoms with van der Waals surface area (Å²) < 4.78 is 56.4.